The molecule has 2 nitrogen and oxygen atoms in total. The first-order valence-electron chi connectivity index (χ1n) is 7.46. The number of rotatable bonds is 9. The number of esters is 1. The molecule has 0 aromatic carbocycles. The maximum Gasteiger partial charge on any atom is 0.389 e. The fraction of sp³-hybridized carbons (Fsp3) is 0.933. The Balaban J connectivity index is 4.15. The summed E-state index contributed by atoms with van der Waals surface area (Å²) in [5, 5.41) is -0.268. The minimum Gasteiger partial charge on any atom is -0.459 e. The largest absolute Gasteiger partial charge is 0.459 e. The zero-order chi connectivity index (χ0) is 16.5. The van der Waals surface area contributed by atoms with E-state index in [-0.39, 0.29) is 17.6 Å². The molecule has 0 rings (SSSR count). The van der Waals surface area contributed by atoms with Gasteiger partial charge in [-0.25, -0.2) is 0 Å². The van der Waals surface area contributed by atoms with Crippen molar-refractivity contribution in [2.75, 3.05) is 5.75 Å². The molecular weight excluding hydrogens is 301 g/mol. The lowest BCUT2D eigenvalue weighted by molar-refractivity contribution is -0.154. The Morgan fingerprint density at radius 2 is 1.76 bits per heavy atom. The standard InChI is InChI=1S/C15H27F3O2S/c1-5-6-9-12(13(19)20-14(2,3)4)21-11-8-7-10-15(16,17)18/h12H,5-11H2,1-4H3. The van der Waals surface area contributed by atoms with Crippen LogP contribution in [0.4, 0.5) is 13.2 Å². The minimum atomic E-state index is -4.09. The van der Waals surface area contributed by atoms with E-state index in [4.69, 9.17) is 4.74 Å². The van der Waals surface area contributed by atoms with Crippen LogP contribution in [0.1, 0.15) is 66.2 Å². The SMILES string of the molecule is CCCCC(SCCCCC(F)(F)F)C(=O)OC(C)(C)C. The normalized spacial score (nSPS) is 14.0. The van der Waals surface area contributed by atoms with Crippen LogP contribution in [0.3, 0.4) is 0 Å². The molecular formula is C15H27F3O2S. The smallest absolute Gasteiger partial charge is 0.389 e. The second-order valence-corrected chi connectivity index (χ2v) is 7.42. The Kier molecular flexibility index (Phi) is 9.41. The number of hydrogen-bond donors (Lipinski definition) is 0. The highest BCUT2D eigenvalue weighted by Gasteiger charge is 2.27. The maximum absolute atomic E-state index is 12.1. The average Bonchev–Trinajstić information content (AvgIpc) is 2.28. The van der Waals surface area contributed by atoms with Crippen LogP contribution in [-0.2, 0) is 9.53 Å². The Hall–Kier alpha value is -0.390. The van der Waals surface area contributed by atoms with Crippen molar-refractivity contribution in [1.82, 2.24) is 0 Å². The van der Waals surface area contributed by atoms with E-state index in [9.17, 15) is 18.0 Å². The summed E-state index contributed by atoms with van der Waals surface area (Å²) in [6.45, 7) is 7.49. The minimum absolute atomic E-state index is 0.116. The van der Waals surface area contributed by atoms with Gasteiger partial charge in [0.05, 0.1) is 0 Å². The third kappa shape index (κ3) is 13.0. The second kappa shape index (κ2) is 9.59. The van der Waals surface area contributed by atoms with Crippen LogP contribution in [-0.4, -0.2) is 28.7 Å². The summed E-state index contributed by atoms with van der Waals surface area (Å²) in [5.41, 5.74) is -0.529. The lowest BCUT2D eigenvalue weighted by atomic mass is 10.1. The number of ether oxygens (including phenoxy) is 1. The van der Waals surface area contributed by atoms with E-state index in [1.165, 1.54) is 11.8 Å². The molecule has 6 heteroatoms. The molecule has 0 N–H and O–H groups in total. The molecule has 0 aliphatic heterocycles. The van der Waals surface area contributed by atoms with E-state index in [2.05, 4.69) is 0 Å². The highest BCUT2D eigenvalue weighted by Crippen LogP contribution is 2.26. The lowest BCUT2D eigenvalue weighted by Crippen LogP contribution is -2.30. The molecule has 0 aliphatic rings. The van der Waals surface area contributed by atoms with Gasteiger partial charge in [-0.15, -0.1) is 11.8 Å². The Morgan fingerprint density at radius 3 is 2.24 bits per heavy atom. The van der Waals surface area contributed by atoms with Crippen molar-refractivity contribution < 1.29 is 22.7 Å². The van der Waals surface area contributed by atoms with Gasteiger partial charge in [0.1, 0.15) is 10.9 Å². The Bertz CT molecular complexity index is 298. The molecule has 0 aromatic heterocycles. The third-order valence-corrected chi connectivity index (χ3v) is 4.02. The molecule has 0 spiro atoms. The van der Waals surface area contributed by atoms with Crippen molar-refractivity contribution in [3.63, 3.8) is 0 Å². The van der Waals surface area contributed by atoms with Gasteiger partial charge in [0, 0.05) is 6.42 Å². The van der Waals surface area contributed by atoms with Gasteiger partial charge in [0.2, 0.25) is 0 Å². The molecule has 126 valence electrons. The molecule has 0 saturated carbocycles. The predicted octanol–water partition coefficient (Wildman–Crippen LogP) is 5.35. The summed E-state index contributed by atoms with van der Waals surface area (Å²) < 4.78 is 41.5. The summed E-state index contributed by atoms with van der Waals surface area (Å²) in [5.74, 6) is 0.306. The van der Waals surface area contributed by atoms with Crippen molar-refractivity contribution in [1.29, 1.82) is 0 Å². The molecule has 1 atom stereocenters. The van der Waals surface area contributed by atoms with Crippen molar-refractivity contribution >= 4 is 17.7 Å². The van der Waals surface area contributed by atoms with Crippen LogP contribution in [0.2, 0.25) is 0 Å². The van der Waals surface area contributed by atoms with E-state index in [1.807, 2.05) is 27.7 Å². The molecule has 0 saturated heterocycles. The van der Waals surface area contributed by atoms with Crippen molar-refractivity contribution in [3.8, 4) is 0 Å². The zero-order valence-corrected chi connectivity index (χ0v) is 14.2. The summed E-state index contributed by atoms with van der Waals surface area (Å²) in [7, 11) is 0. The van der Waals surface area contributed by atoms with Gasteiger partial charge >= 0.3 is 12.1 Å². The van der Waals surface area contributed by atoms with Crippen LogP contribution in [0.25, 0.3) is 0 Å². The number of carbonyl (C=O) groups excluding carboxylic acids is 1. The zero-order valence-electron chi connectivity index (χ0n) is 13.4. The monoisotopic (exact) mass is 328 g/mol. The first kappa shape index (κ1) is 20.6. The summed E-state index contributed by atoms with van der Waals surface area (Å²) >= 11 is 1.42. The van der Waals surface area contributed by atoms with Gasteiger partial charge in [0.15, 0.2) is 0 Å². The molecule has 0 aliphatic carbocycles. The second-order valence-electron chi connectivity index (χ2n) is 6.11. The molecule has 0 bridgehead atoms. The van der Waals surface area contributed by atoms with E-state index in [1.54, 1.807) is 0 Å². The van der Waals surface area contributed by atoms with Crippen LogP contribution in [0, 0.1) is 0 Å². The quantitative estimate of drug-likeness (QED) is 0.421. The fourth-order valence-corrected chi connectivity index (χ4v) is 2.85. The molecule has 0 radical (unpaired) electrons. The summed E-state index contributed by atoms with van der Waals surface area (Å²) in [6.07, 6.45) is -1.64. The Morgan fingerprint density at radius 1 is 1.14 bits per heavy atom. The van der Waals surface area contributed by atoms with Gasteiger partial charge in [-0.05, 0) is 45.8 Å². The van der Waals surface area contributed by atoms with Crippen LogP contribution < -0.4 is 0 Å². The van der Waals surface area contributed by atoms with E-state index in [0.29, 0.717) is 12.2 Å². The van der Waals surface area contributed by atoms with Gasteiger partial charge < -0.3 is 4.74 Å². The van der Waals surface area contributed by atoms with Crippen molar-refractivity contribution in [2.24, 2.45) is 0 Å². The van der Waals surface area contributed by atoms with Gasteiger partial charge in [0.25, 0.3) is 0 Å². The first-order valence-corrected chi connectivity index (χ1v) is 8.51. The number of hydrogen-bond acceptors (Lipinski definition) is 3. The fourth-order valence-electron chi connectivity index (χ4n) is 1.68. The lowest BCUT2D eigenvalue weighted by Gasteiger charge is -2.23. The van der Waals surface area contributed by atoms with Crippen LogP contribution in [0.5, 0.6) is 0 Å². The predicted molar refractivity (Wildman–Crippen MR) is 81.5 cm³/mol. The molecule has 0 aromatic rings. The number of alkyl halides is 3. The number of carbonyl (C=O) groups is 1. The molecule has 1 unspecified atom stereocenters. The topological polar surface area (TPSA) is 26.3 Å². The average molecular weight is 328 g/mol. The van der Waals surface area contributed by atoms with Crippen molar-refractivity contribution in [3.05, 3.63) is 0 Å². The maximum atomic E-state index is 12.1. The van der Waals surface area contributed by atoms with Crippen LogP contribution in [0.15, 0.2) is 0 Å². The van der Waals surface area contributed by atoms with E-state index in [0.717, 1.165) is 19.3 Å². The Labute approximate surface area is 130 Å². The molecule has 0 fully saturated rings. The highest BCUT2D eigenvalue weighted by atomic mass is 32.2. The molecule has 21 heavy (non-hydrogen) atoms. The van der Waals surface area contributed by atoms with Crippen LogP contribution >= 0.6 is 11.8 Å². The summed E-state index contributed by atoms with van der Waals surface area (Å²) in [4.78, 5) is 12.1. The van der Waals surface area contributed by atoms with Gasteiger partial charge in [-0.2, -0.15) is 13.2 Å². The van der Waals surface area contributed by atoms with Gasteiger partial charge in [-0.1, -0.05) is 19.8 Å². The number of thioether (sulfide) groups is 1. The first-order chi connectivity index (χ1) is 9.55. The van der Waals surface area contributed by atoms with E-state index < -0.39 is 18.2 Å². The third-order valence-electron chi connectivity index (χ3n) is 2.66. The number of halogens is 3. The molecule has 0 amide bonds. The molecule has 0 heterocycles. The number of unbranched alkanes of at least 4 members (excludes halogenated alkanes) is 2. The van der Waals surface area contributed by atoms with E-state index >= 15 is 0 Å². The van der Waals surface area contributed by atoms with Gasteiger partial charge in [-0.3, -0.25) is 4.79 Å². The van der Waals surface area contributed by atoms with Crippen molar-refractivity contribution in [2.45, 2.75) is 83.2 Å². The highest BCUT2D eigenvalue weighted by molar-refractivity contribution is 8.00. The summed E-state index contributed by atoms with van der Waals surface area (Å²) in [6, 6.07) is 0.